The van der Waals surface area contributed by atoms with Crippen molar-refractivity contribution >= 4 is 51.6 Å². The van der Waals surface area contributed by atoms with Crippen LogP contribution in [0.4, 0.5) is 0 Å². The van der Waals surface area contributed by atoms with Crippen LogP contribution in [-0.4, -0.2) is 16.8 Å². The normalized spacial score (nSPS) is 12.9. The summed E-state index contributed by atoms with van der Waals surface area (Å²) in [7, 11) is 0. The number of hydrogen-bond donors (Lipinski definition) is 0. The summed E-state index contributed by atoms with van der Waals surface area (Å²) in [5, 5.41) is -0.405. The molecule has 0 heterocycles. The highest BCUT2D eigenvalue weighted by Crippen LogP contribution is 2.36. The smallest absolute Gasteiger partial charge is 0.252 e. The Hall–Kier alpha value is -1.68. The summed E-state index contributed by atoms with van der Waals surface area (Å²) < 4.78 is 0. The number of carbonyl (C=O) groups is 3. The molecule has 0 fully saturated rings. The van der Waals surface area contributed by atoms with E-state index in [1.807, 2.05) is 0 Å². The Balaban J connectivity index is 2.33. The second-order valence-electron chi connectivity index (χ2n) is 4.47. The molecule has 21 heavy (non-hydrogen) atoms. The first-order valence-electron chi connectivity index (χ1n) is 5.83. The van der Waals surface area contributed by atoms with Gasteiger partial charge >= 0.3 is 0 Å². The van der Waals surface area contributed by atoms with Crippen molar-refractivity contribution < 1.29 is 14.4 Å². The highest BCUT2D eigenvalue weighted by atomic mass is 35.5. The fourth-order valence-corrected chi connectivity index (χ4v) is 2.92. The van der Waals surface area contributed by atoms with E-state index in [1.165, 1.54) is 30.3 Å². The Morgan fingerprint density at radius 2 is 1.33 bits per heavy atom. The number of carbonyl (C=O) groups excluding carboxylic acids is 3. The summed E-state index contributed by atoms with van der Waals surface area (Å²) in [5.74, 6) is -0.854. The maximum absolute atomic E-state index is 12.6. The molecule has 104 valence electrons. The topological polar surface area (TPSA) is 51.2 Å². The van der Waals surface area contributed by atoms with Gasteiger partial charge in [0, 0.05) is 16.7 Å². The van der Waals surface area contributed by atoms with E-state index in [2.05, 4.69) is 0 Å². The molecule has 2 aromatic carbocycles. The van der Waals surface area contributed by atoms with E-state index < -0.39 is 16.8 Å². The molecule has 6 heteroatoms. The van der Waals surface area contributed by atoms with Gasteiger partial charge in [0.15, 0.2) is 11.6 Å². The molecule has 1 aliphatic carbocycles. The van der Waals surface area contributed by atoms with Crippen molar-refractivity contribution in [3.05, 3.63) is 68.2 Å². The zero-order chi connectivity index (χ0) is 15.3. The molecule has 0 saturated heterocycles. The number of ketones is 2. The first-order chi connectivity index (χ1) is 9.91. The Morgan fingerprint density at radius 1 is 0.810 bits per heavy atom. The van der Waals surface area contributed by atoms with Crippen LogP contribution in [0.2, 0.25) is 10.0 Å². The van der Waals surface area contributed by atoms with Gasteiger partial charge in [-0.2, -0.15) is 0 Å². The summed E-state index contributed by atoms with van der Waals surface area (Å²) in [4.78, 5) is 36.3. The van der Waals surface area contributed by atoms with Crippen LogP contribution in [0, 0.1) is 0 Å². The molecule has 0 aliphatic heterocycles. The fraction of sp³-hybridized carbons (Fsp3) is 0. The van der Waals surface area contributed by atoms with Crippen LogP contribution in [0.3, 0.4) is 0 Å². The zero-order valence-corrected chi connectivity index (χ0v) is 12.5. The van der Waals surface area contributed by atoms with Crippen LogP contribution in [0.25, 0.3) is 0 Å². The van der Waals surface area contributed by atoms with Crippen LogP contribution >= 0.6 is 34.8 Å². The molecular formula is C15H5Cl3O3. The minimum absolute atomic E-state index is 0.0563. The molecule has 2 aromatic rings. The second kappa shape index (κ2) is 4.95. The predicted octanol–water partition coefficient (Wildman–Crippen LogP) is 4.15. The highest BCUT2D eigenvalue weighted by Gasteiger charge is 2.33. The van der Waals surface area contributed by atoms with Crippen molar-refractivity contribution in [1.82, 2.24) is 0 Å². The van der Waals surface area contributed by atoms with Crippen molar-refractivity contribution in [2.24, 2.45) is 0 Å². The van der Waals surface area contributed by atoms with Gasteiger partial charge < -0.3 is 0 Å². The summed E-state index contributed by atoms with van der Waals surface area (Å²) in [6.07, 6.45) is 0. The molecule has 0 N–H and O–H groups in total. The van der Waals surface area contributed by atoms with Gasteiger partial charge in [-0.25, -0.2) is 0 Å². The highest BCUT2D eigenvalue weighted by molar-refractivity contribution is 6.67. The van der Waals surface area contributed by atoms with E-state index >= 15 is 0 Å². The van der Waals surface area contributed by atoms with Crippen molar-refractivity contribution in [2.75, 3.05) is 0 Å². The Labute approximate surface area is 134 Å². The standard InChI is InChI=1S/C15H5Cl3O3/c16-9-3-4-10(17)12-11(9)13(19)7-2-1-6(15(18)21)5-8(7)14(12)20/h1-5H. The van der Waals surface area contributed by atoms with Crippen LogP contribution in [0.1, 0.15) is 42.2 Å². The van der Waals surface area contributed by atoms with Gasteiger partial charge in [-0.05, 0) is 41.9 Å². The number of fused-ring (bicyclic) bond motifs is 2. The van der Waals surface area contributed by atoms with Gasteiger partial charge in [0.05, 0.1) is 21.2 Å². The predicted molar refractivity (Wildman–Crippen MR) is 80.0 cm³/mol. The van der Waals surface area contributed by atoms with E-state index in [4.69, 9.17) is 34.8 Å². The SMILES string of the molecule is O=C(Cl)c1ccc2c(c1)C(=O)c1c(Cl)ccc(Cl)c1C2=O. The van der Waals surface area contributed by atoms with Crippen LogP contribution in [0.15, 0.2) is 30.3 Å². The Kier molecular flexibility index (Phi) is 3.36. The molecule has 0 aromatic heterocycles. The van der Waals surface area contributed by atoms with Gasteiger partial charge in [-0.3, -0.25) is 14.4 Å². The maximum Gasteiger partial charge on any atom is 0.252 e. The van der Waals surface area contributed by atoms with Crippen LogP contribution in [-0.2, 0) is 0 Å². The van der Waals surface area contributed by atoms with Crippen molar-refractivity contribution in [3.8, 4) is 0 Å². The Bertz CT molecular complexity index is 840. The number of halogens is 3. The lowest BCUT2D eigenvalue weighted by atomic mass is 9.83. The quantitative estimate of drug-likeness (QED) is 0.626. The molecule has 3 nitrogen and oxygen atoms in total. The van der Waals surface area contributed by atoms with Gasteiger partial charge in [-0.1, -0.05) is 23.2 Å². The molecule has 0 amide bonds. The maximum atomic E-state index is 12.6. The third-order valence-corrected chi connectivity index (χ3v) is 4.14. The number of benzene rings is 2. The summed E-state index contributed by atoms with van der Waals surface area (Å²) >= 11 is 17.4. The van der Waals surface area contributed by atoms with Gasteiger partial charge in [-0.15, -0.1) is 0 Å². The number of hydrogen-bond acceptors (Lipinski definition) is 3. The largest absolute Gasteiger partial charge is 0.289 e. The molecule has 0 spiro atoms. The summed E-state index contributed by atoms with van der Waals surface area (Å²) in [5.41, 5.74) is 0.562. The zero-order valence-electron chi connectivity index (χ0n) is 10.2. The molecule has 0 bridgehead atoms. The number of rotatable bonds is 1. The van der Waals surface area contributed by atoms with Gasteiger partial charge in [0.2, 0.25) is 0 Å². The minimum atomic E-state index is -0.707. The molecule has 0 unspecified atom stereocenters. The lowest BCUT2D eigenvalue weighted by molar-refractivity contribution is 0.0979. The van der Waals surface area contributed by atoms with E-state index in [1.54, 1.807) is 0 Å². The van der Waals surface area contributed by atoms with E-state index in [-0.39, 0.29) is 37.9 Å². The third-order valence-electron chi connectivity index (χ3n) is 3.29. The molecule has 0 saturated carbocycles. The van der Waals surface area contributed by atoms with Crippen LogP contribution in [0.5, 0.6) is 0 Å². The van der Waals surface area contributed by atoms with Gasteiger partial charge in [0.25, 0.3) is 5.24 Å². The lowest BCUT2D eigenvalue weighted by Crippen LogP contribution is -2.22. The van der Waals surface area contributed by atoms with Crippen molar-refractivity contribution in [1.29, 1.82) is 0 Å². The third kappa shape index (κ3) is 2.09. The summed E-state index contributed by atoms with van der Waals surface area (Å²) in [6, 6.07) is 7.00. The van der Waals surface area contributed by atoms with Crippen molar-refractivity contribution in [2.45, 2.75) is 0 Å². The van der Waals surface area contributed by atoms with Crippen molar-refractivity contribution in [3.63, 3.8) is 0 Å². The minimum Gasteiger partial charge on any atom is -0.289 e. The average Bonchev–Trinajstić information content (AvgIpc) is 2.46. The summed E-state index contributed by atoms with van der Waals surface area (Å²) in [6.45, 7) is 0. The Morgan fingerprint density at radius 3 is 1.86 bits per heavy atom. The lowest BCUT2D eigenvalue weighted by Gasteiger charge is -2.19. The molecule has 0 atom stereocenters. The van der Waals surface area contributed by atoms with Gasteiger partial charge in [0.1, 0.15) is 0 Å². The van der Waals surface area contributed by atoms with Crippen LogP contribution < -0.4 is 0 Å². The van der Waals surface area contributed by atoms with E-state index in [9.17, 15) is 14.4 Å². The molecule has 0 radical (unpaired) electrons. The van der Waals surface area contributed by atoms with E-state index in [0.29, 0.717) is 0 Å². The molecular weight excluding hydrogens is 335 g/mol. The fourth-order valence-electron chi connectivity index (χ4n) is 2.32. The molecule has 1 aliphatic rings. The van der Waals surface area contributed by atoms with E-state index in [0.717, 1.165) is 0 Å². The monoisotopic (exact) mass is 338 g/mol. The molecule has 3 rings (SSSR count). The first-order valence-corrected chi connectivity index (χ1v) is 6.96. The first kappa shape index (κ1) is 14.3. The average molecular weight is 340 g/mol. The second-order valence-corrected chi connectivity index (χ2v) is 5.63.